The minimum absolute atomic E-state index is 0.184. The van der Waals surface area contributed by atoms with Crippen molar-refractivity contribution in [3.63, 3.8) is 0 Å². The molecule has 10 heteroatoms. The van der Waals surface area contributed by atoms with E-state index in [1.165, 1.54) is 4.31 Å². The first-order valence-corrected chi connectivity index (χ1v) is 11.6. The van der Waals surface area contributed by atoms with E-state index in [2.05, 4.69) is 15.5 Å². The normalized spacial score (nSPS) is 15.5. The van der Waals surface area contributed by atoms with Gasteiger partial charge in [-0.05, 0) is 25.5 Å². The van der Waals surface area contributed by atoms with Crippen LogP contribution in [-0.4, -0.2) is 66.5 Å². The summed E-state index contributed by atoms with van der Waals surface area (Å²) in [5.74, 6) is 1.48. The molecule has 2 amide bonds. The van der Waals surface area contributed by atoms with E-state index in [1.54, 1.807) is 29.2 Å². The molecule has 0 unspecified atom stereocenters. The second kappa shape index (κ2) is 9.57. The Morgan fingerprint density at radius 2 is 1.83 bits per heavy atom. The molecule has 1 aromatic carbocycles. The highest BCUT2D eigenvalue weighted by Gasteiger charge is 2.29. The quantitative estimate of drug-likeness (QED) is 0.668. The van der Waals surface area contributed by atoms with Crippen molar-refractivity contribution in [3.8, 4) is 0 Å². The van der Waals surface area contributed by atoms with E-state index in [0.29, 0.717) is 44.2 Å². The van der Waals surface area contributed by atoms with Crippen LogP contribution in [0.15, 0.2) is 33.7 Å². The number of hydrogen-bond donors (Lipinski definition) is 1. The standard InChI is InChI=1S/C20H29N5O4S/c1-15(2)19-22-18(29-23-19)5-4-10-21-20(26)24-11-13-25(14-12-24)30(27,28)17-8-6-16(3)7-9-17/h6-9,15H,4-5,10-14H2,1-3H3,(H,21,26). The number of nitrogens with zero attached hydrogens (tertiary/aromatic N) is 4. The molecule has 1 fully saturated rings. The molecular weight excluding hydrogens is 406 g/mol. The fourth-order valence-electron chi connectivity index (χ4n) is 3.14. The van der Waals surface area contributed by atoms with Crippen molar-refractivity contribution in [3.05, 3.63) is 41.5 Å². The van der Waals surface area contributed by atoms with Gasteiger partial charge in [0.25, 0.3) is 0 Å². The van der Waals surface area contributed by atoms with Crippen LogP contribution < -0.4 is 5.32 Å². The molecule has 1 N–H and O–H groups in total. The lowest BCUT2D eigenvalue weighted by molar-refractivity contribution is 0.172. The summed E-state index contributed by atoms with van der Waals surface area (Å²) in [6.07, 6.45) is 1.29. The Kier molecular flexibility index (Phi) is 7.09. The van der Waals surface area contributed by atoms with Crippen molar-refractivity contribution in [2.24, 2.45) is 0 Å². The van der Waals surface area contributed by atoms with Gasteiger partial charge < -0.3 is 14.7 Å². The number of amides is 2. The third kappa shape index (κ3) is 5.37. The first-order valence-electron chi connectivity index (χ1n) is 10.2. The minimum Gasteiger partial charge on any atom is -0.339 e. The van der Waals surface area contributed by atoms with E-state index in [4.69, 9.17) is 4.52 Å². The van der Waals surface area contributed by atoms with E-state index >= 15 is 0 Å². The number of urea groups is 1. The summed E-state index contributed by atoms with van der Waals surface area (Å²) >= 11 is 0. The second-order valence-corrected chi connectivity index (χ2v) is 9.68. The Bertz CT molecular complexity index is 948. The number of aromatic nitrogens is 2. The van der Waals surface area contributed by atoms with Crippen LogP contribution >= 0.6 is 0 Å². The van der Waals surface area contributed by atoms with E-state index in [1.807, 2.05) is 20.8 Å². The number of benzene rings is 1. The smallest absolute Gasteiger partial charge is 0.317 e. The van der Waals surface area contributed by atoms with E-state index < -0.39 is 10.0 Å². The van der Waals surface area contributed by atoms with Crippen molar-refractivity contribution >= 4 is 16.1 Å². The van der Waals surface area contributed by atoms with Crippen LogP contribution in [0.5, 0.6) is 0 Å². The van der Waals surface area contributed by atoms with Crippen LogP contribution in [-0.2, 0) is 16.4 Å². The van der Waals surface area contributed by atoms with Crippen LogP contribution in [0, 0.1) is 6.92 Å². The molecule has 3 rings (SSSR count). The molecule has 0 aliphatic carbocycles. The van der Waals surface area contributed by atoms with Crippen molar-refractivity contribution in [1.29, 1.82) is 0 Å². The van der Waals surface area contributed by atoms with E-state index in [0.717, 1.165) is 5.56 Å². The van der Waals surface area contributed by atoms with Crippen LogP contribution in [0.3, 0.4) is 0 Å². The Labute approximate surface area is 177 Å². The van der Waals surface area contributed by atoms with Gasteiger partial charge in [0.1, 0.15) is 0 Å². The molecule has 1 aliphatic rings. The molecule has 164 valence electrons. The average Bonchev–Trinajstić information content (AvgIpc) is 3.21. The summed E-state index contributed by atoms with van der Waals surface area (Å²) in [5.41, 5.74) is 1.01. The maximum absolute atomic E-state index is 12.8. The van der Waals surface area contributed by atoms with Gasteiger partial charge in [-0.3, -0.25) is 0 Å². The Morgan fingerprint density at radius 1 is 1.17 bits per heavy atom. The molecule has 9 nitrogen and oxygen atoms in total. The maximum Gasteiger partial charge on any atom is 0.317 e. The summed E-state index contributed by atoms with van der Waals surface area (Å²) in [7, 11) is -3.53. The van der Waals surface area contributed by atoms with Gasteiger partial charge in [0.15, 0.2) is 5.82 Å². The molecule has 30 heavy (non-hydrogen) atoms. The predicted octanol–water partition coefficient (Wildman–Crippen LogP) is 2.15. The van der Waals surface area contributed by atoms with Crippen molar-refractivity contribution in [1.82, 2.24) is 24.7 Å². The lowest BCUT2D eigenvalue weighted by Crippen LogP contribution is -2.53. The molecule has 1 aromatic heterocycles. The molecule has 0 spiro atoms. The highest BCUT2D eigenvalue weighted by molar-refractivity contribution is 7.89. The summed E-state index contributed by atoms with van der Waals surface area (Å²) in [5, 5.41) is 6.79. The number of aryl methyl sites for hydroxylation is 2. The molecule has 0 bridgehead atoms. The number of rotatable bonds is 7. The molecule has 2 heterocycles. The Morgan fingerprint density at radius 3 is 2.43 bits per heavy atom. The summed E-state index contributed by atoms with van der Waals surface area (Å²) in [4.78, 5) is 18.6. The van der Waals surface area contributed by atoms with Gasteiger partial charge in [-0.2, -0.15) is 9.29 Å². The van der Waals surface area contributed by atoms with Gasteiger partial charge >= 0.3 is 6.03 Å². The SMILES string of the molecule is Cc1ccc(S(=O)(=O)N2CCN(C(=O)NCCCc3nc(C(C)C)no3)CC2)cc1. The zero-order chi connectivity index (χ0) is 21.7. The average molecular weight is 436 g/mol. The van der Waals surface area contributed by atoms with Crippen LogP contribution in [0.1, 0.15) is 43.5 Å². The van der Waals surface area contributed by atoms with Crippen LogP contribution in [0.4, 0.5) is 4.79 Å². The number of carbonyl (C=O) groups is 1. The van der Waals surface area contributed by atoms with Crippen LogP contribution in [0.25, 0.3) is 0 Å². The van der Waals surface area contributed by atoms with Gasteiger partial charge in [-0.15, -0.1) is 0 Å². The second-order valence-electron chi connectivity index (χ2n) is 7.74. The van der Waals surface area contributed by atoms with E-state index in [-0.39, 0.29) is 29.9 Å². The van der Waals surface area contributed by atoms with Crippen molar-refractivity contribution in [2.75, 3.05) is 32.7 Å². The highest BCUT2D eigenvalue weighted by atomic mass is 32.2. The Balaban J connectivity index is 1.42. The van der Waals surface area contributed by atoms with Gasteiger partial charge in [-0.1, -0.05) is 36.7 Å². The first-order chi connectivity index (χ1) is 14.3. The third-order valence-corrected chi connectivity index (χ3v) is 6.94. The maximum atomic E-state index is 12.8. The Hall–Kier alpha value is -2.46. The van der Waals surface area contributed by atoms with Gasteiger partial charge in [0.2, 0.25) is 15.9 Å². The molecule has 1 aliphatic heterocycles. The first kappa shape index (κ1) is 22.2. The summed E-state index contributed by atoms with van der Waals surface area (Å²) < 4.78 is 32.1. The number of piperazine rings is 1. The molecule has 2 aromatic rings. The molecule has 0 saturated carbocycles. The summed E-state index contributed by atoms with van der Waals surface area (Å²) in [6, 6.07) is 6.63. The minimum atomic E-state index is -3.53. The fraction of sp³-hybridized carbons (Fsp3) is 0.550. The molecule has 1 saturated heterocycles. The zero-order valence-electron chi connectivity index (χ0n) is 17.7. The third-order valence-electron chi connectivity index (χ3n) is 5.03. The van der Waals surface area contributed by atoms with E-state index in [9.17, 15) is 13.2 Å². The molecular formula is C20H29N5O4S. The van der Waals surface area contributed by atoms with Gasteiger partial charge in [0, 0.05) is 45.1 Å². The lowest BCUT2D eigenvalue weighted by atomic mass is 10.2. The van der Waals surface area contributed by atoms with Crippen LogP contribution in [0.2, 0.25) is 0 Å². The predicted molar refractivity (Wildman–Crippen MR) is 112 cm³/mol. The number of hydrogen-bond acceptors (Lipinski definition) is 6. The number of nitrogens with one attached hydrogen (secondary N) is 1. The summed E-state index contributed by atoms with van der Waals surface area (Å²) in [6.45, 7) is 7.68. The van der Waals surface area contributed by atoms with Gasteiger partial charge in [-0.25, -0.2) is 13.2 Å². The van der Waals surface area contributed by atoms with Crippen molar-refractivity contribution in [2.45, 2.75) is 44.4 Å². The molecule has 0 radical (unpaired) electrons. The molecule has 0 atom stereocenters. The topological polar surface area (TPSA) is 109 Å². The fourth-order valence-corrected chi connectivity index (χ4v) is 4.56. The highest BCUT2D eigenvalue weighted by Crippen LogP contribution is 2.18. The largest absolute Gasteiger partial charge is 0.339 e. The monoisotopic (exact) mass is 435 g/mol. The van der Waals surface area contributed by atoms with Crippen molar-refractivity contribution < 1.29 is 17.7 Å². The number of sulfonamides is 1. The van der Waals surface area contributed by atoms with Gasteiger partial charge in [0.05, 0.1) is 4.90 Å². The number of carbonyl (C=O) groups excluding carboxylic acids is 1. The lowest BCUT2D eigenvalue weighted by Gasteiger charge is -2.34. The zero-order valence-corrected chi connectivity index (χ0v) is 18.5.